The van der Waals surface area contributed by atoms with E-state index in [0.717, 1.165) is 0 Å². The average molecular weight is 364 g/mol. The number of rotatable bonds is 6. The van der Waals surface area contributed by atoms with E-state index < -0.39 is 43.5 Å². The number of anilines is 1. The molecule has 0 atom stereocenters. The number of nitro groups is 2. The monoisotopic (exact) mass is 364 g/mol. The van der Waals surface area contributed by atoms with Crippen molar-refractivity contribution in [1.29, 1.82) is 5.26 Å². The lowest BCUT2D eigenvalue weighted by Gasteiger charge is -2.22. The molecule has 0 spiro atoms. The number of thioether (sulfide) groups is 1. The Morgan fingerprint density at radius 2 is 1.79 bits per heavy atom. The molecule has 0 aliphatic carbocycles. The largest absolute Gasteiger partial charge is 0.418 e. The van der Waals surface area contributed by atoms with Crippen LogP contribution in [0.15, 0.2) is 11.0 Å². The van der Waals surface area contributed by atoms with E-state index in [4.69, 9.17) is 5.26 Å². The second-order valence-electron chi connectivity index (χ2n) is 4.35. The Hall–Kier alpha value is -2.55. The van der Waals surface area contributed by atoms with Gasteiger partial charge < -0.3 is 4.90 Å². The molecule has 0 saturated heterocycles. The van der Waals surface area contributed by atoms with Crippen LogP contribution in [0.3, 0.4) is 0 Å². The second-order valence-corrected chi connectivity index (χ2v) is 5.14. The predicted molar refractivity (Wildman–Crippen MR) is 79.8 cm³/mol. The number of hydrogen-bond donors (Lipinski definition) is 0. The van der Waals surface area contributed by atoms with Gasteiger partial charge in [0.15, 0.2) is 5.69 Å². The topological polar surface area (TPSA) is 113 Å². The van der Waals surface area contributed by atoms with E-state index in [1.807, 2.05) is 0 Å². The van der Waals surface area contributed by atoms with Gasteiger partial charge in [0, 0.05) is 19.2 Å². The second kappa shape index (κ2) is 7.35. The van der Waals surface area contributed by atoms with Crippen LogP contribution >= 0.6 is 11.8 Å². The molecule has 0 radical (unpaired) electrons. The smallest absolute Gasteiger partial charge is 0.361 e. The van der Waals surface area contributed by atoms with Gasteiger partial charge in [-0.3, -0.25) is 20.2 Å². The van der Waals surface area contributed by atoms with Gasteiger partial charge in [-0.25, -0.2) is 0 Å². The van der Waals surface area contributed by atoms with Crippen molar-refractivity contribution in [3.05, 3.63) is 31.9 Å². The first kappa shape index (κ1) is 19.5. The molecule has 1 aromatic rings. The number of benzene rings is 1. The molecule has 130 valence electrons. The quantitative estimate of drug-likeness (QED) is 0.325. The van der Waals surface area contributed by atoms with Crippen molar-refractivity contribution in [2.75, 3.05) is 18.0 Å². The number of thiocyanates is 1. The van der Waals surface area contributed by atoms with E-state index in [9.17, 15) is 33.4 Å². The molecule has 0 unspecified atom stereocenters. The van der Waals surface area contributed by atoms with E-state index in [1.165, 1.54) is 10.3 Å². The molecular formula is C12H11F3N4O4S. The highest BCUT2D eigenvalue weighted by molar-refractivity contribution is 8.04. The van der Waals surface area contributed by atoms with Crippen LogP contribution in [0.2, 0.25) is 0 Å². The molecule has 8 nitrogen and oxygen atoms in total. The van der Waals surface area contributed by atoms with Crippen LogP contribution in [0, 0.1) is 30.9 Å². The lowest BCUT2D eigenvalue weighted by Crippen LogP contribution is -2.25. The molecule has 0 aliphatic heterocycles. The van der Waals surface area contributed by atoms with Gasteiger partial charge in [-0.15, -0.1) is 0 Å². The number of halogens is 3. The fraction of sp³-hybridized carbons (Fsp3) is 0.417. The molecule has 0 fully saturated rings. The fourth-order valence-electron chi connectivity index (χ4n) is 2.15. The van der Waals surface area contributed by atoms with Crippen molar-refractivity contribution in [2.24, 2.45) is 0 Å². The zero-order chi connectivity index (χ0) is 18.7. The summed E-state index contributed by atoms with van der Waals surface area (Å²) in [5.41, 5.74) is -4.24. The molecule has 0 saturated carbocycles. The Bertz CT molecular complexity index is 714. The van der Waals surface area contributed by atoms with Crippen LogP contribution in [0.25, 0.3) is 0 Å². The predicted octanol–water partition coefficient (Wildman–Crippen LogP) is 3.94. The molecule has 0 aromatic heterocycles. The summed E-state index contributed by atoms with van der Waals surface area (Å²) < 4.78 is 39.5. The van der Waals surface area contributed by atoms with Gasteiger partial charge >= 0.3 is 11.9 Å². The van der Waals surface area contributed by atoms with Gasteiger partial charge in [0.05, 0.1) is 15.4 Å². The molecule has 0 aliphatic rings. The molecule has 24 heavy (non-hydrogen) atoms. The van der Waals surface area contributed by atoms with Crippen LogP contribution in [0.1, 0.15) is 19.4 Å². The molecule has 1 aromatic carbocycles. The van der Waals surface area contributed by atoms with E-state index in [-0.39, 0.29) is 30.9 Å². The molecule has 12 heteroatoms. The van der Waals surface area contributed by atoms with E-state index in [2.05, 4.69) is 0 Å². The Labute approximate surface area is 138 Å². The third-order valence-electron chi connectivity index (χ3n) is 3.12. The first-order valence-electron chi connectivity index (χ1n) is 6.47. The van der Waals surface area contributed by atoms with Crippen molar-refractivity contribution < 1.29 is 23.0 Å². The summed E-state index contributed by atoms with van der Waals surface area (Å²) >= 11 is -0.0487. The molecule has 0 N–H and O–H groups in total. The Morgan fingerprint density at radius 3 is 2.12 bits per heavy atom. The van der Waals surface area contributed by atoms with E-state index in [1.54, 1.807) is 13.8 Å². The van der Waals surface area contributed by atoms with Crippen LogP contribution in [-0.4, -0.2) is 22.9 Å². The highest BCUT2D eigenvalue weighted by Gasteiger charge is 2.43. The van der Waals surface area contributed by atoms with Crippen molar-refractivity contribution in [3.63, 3.8) is 0 Å². The standard InChI is InChI=1S/C12H11F3N4O4S/c1-3-17(4-2)9-8(18(20)21)5-7(12(13,14)15)11(24-6-16)10(9)19(22)23/h5H,3-4H2,1-2H3. The third-order valence-corrected chi connectivity index (χ3v) is 3.83. The Balaban J connectivity index is 4.07. The first-order valence-corrected chi connectivity index (χ1v) is 7.29. The van der Waals surface area contributed by atoms with Gasteiger partial charge in [-0.05, 0) is 25.6 Å². The highest BCUT2D eigenvalue weighted by atomic mass is 32.2. The maximum atomic E-state index is 13.2. The summed E-state index contributed by atoms with van der Waals surface area (Å²) in [4.78, 5) is 20.6. The van der Waals surface area contributed by atoms with E-state index in [0.29, 0.717) is 0 Å². The summed E-state index contributed by atoms with van der Waals surface area (Å²) in [7, 11) is 0. The Morgan fingerprint density at radius 1 is 1.25 bits per heavy atom. The molecule has 0 amide bonds. The van der Waals surface area contributed by atoms with Crippen LogP contribution in [-0.2, 0) is 6.18 Å². The van der Waals surface area contributed by atoms with Gasteiger partial charge in [0.2, 0.25) is 0 Å². The SMILES string of the molecule is CCN(CC)c1c([N+](=O)[O-])cc(C(F)(F)F)c(SC#N)c1[N+](=O)[O-]. The molecule has 1 rings (SSSR count). The highest BCUT2D eigenvalue weighted by Crippen LogP contribution is 2.50. The molecule has 0 bridgehead atoms. The minimum atomic E-state index is -5.09. The normalized spacial score (nSPS) is 11.0. The third kappa shape index (κ3) is 3.67. The zero-order valence-corrected chi connectivity index (χ0v) is 13.3. The van der Waals surface area contributed by atoms with Gasteiger partial charge in [-0.2, -0.15) is 18.4 Å². The van der Waals surface area contributed by atoms with Crippen LogP contribution in [0.4, 0.5) is 30.2 Å². The maximum Gasteiger partial charge on any atom is 0.418 e. The number of alkyl halides is 3. The Kier molecular flexibility index (Phi) is 5.97. The number of nitriles is 1. The lowest BCUT2D eigenvalue weighted by atomic mass is 10.1. The summed E-state index contributed by atoms with van der Waals surface area (Å²) in [5.74, 6) is 0. The summed E-state index contributed by atoms with van der Waals surface area (Å²) in [6, 6.07) is 0.236. The van der Waals surface area contributed by atoms with E-state index >= 15 is 0 Å². The van der Waals surface area contributed by atoms with Gasteiger partial charge in [0.1, 0.15) is 10.3 Å². The average Bonchev–Trinajstić information content (AvgIpc) is 2.46. The summed E-state index contributed by atoms with van der Waals surface area (Å²) in [6.45, 7) is 3.29. The van der Waals surface area contributed by atoms with Crippen molar-refractivity contribution in [2.45, 2.75) is 24.9 Å². The van der Waals surface area contributed by atoms with Crippen LogP contribution < -0.4 is 4.90 Å². The van der Waals surface area contributed by atoms with Crippen molar-refractivity contribution in [3.8, 4) is 5.40 Å². The van der Waals surface area contributed by atoms with Gasteiger partial charge in [0.25, 0.3) is 5.69 Å². The summed E-state index contributed by atoms with van der Waals surface area (Å²) in [5, 5.41) is 32.7. The lowest BCUT2D eigenvalue weighted by molar-refractivity contribution is -0.394. The molecular weight excluding hydrogens is 353 g/mol. The van der Waals surface area contributed by atoms with Crippen molar-refractivity contribution in [1.82, 2.24) is 0 Å². The zero-order valence-electron chi connectivity index (χ0n) is 12.5. The number of nitrogens with zero attached hydrogens (tertiary/aromatic N) is 4. The van der Waals surface area contributed by atoms with Crippen LogP contribution in [0.5, 0.6) is 0 Å². The minimum absolute atomic E-state index is 0.0487. The summed E-state index contributed by atoms with van der Waals surface area (Å²) in [6.07, 6.45) is -5.09. The van der Waals surface area contributed by atoms with Crippen molar-refractivity contribution >= 4 is 28.8 Å². The fourth-order valence-corrected chi connectivity index (χ4v) is 2.79. The first-order chi connectivity index (χ1) is 11.1. The van der Waals surface area contributed by atoms with Gasteiger partial charge in [-0.1, -0.05) is 0 Å². The minimum Gasteiger partial charge on any atom is -0.361 e. The number of hydrogen-bond acceptors (Lipinski definition) is 7. The molecule has 0 heterocycles. The maximum absolute atomic E-state index is 13.2. The number of nitro benzene ring substituents is 2.